The Balaban J connectivity index is 1.54. The molecular formula is C19H22N2O6S. The fourth-order valence-electron chi connectivity index (χ4n) is 4.42. The van der Waals surface area contributed by atoms with Crippen LogP contribution >= 0.6 is 0 Å². The average Bonchev–Trinajstić information content (AvgIpc) is 3.28. The van der Waals surface area contributed by atoms with E-state index in [0.717, 1.165) is 12.8 Å². The summed E-state index contributed by atoms with van der Waals surface area (Å²) in [6, 6.07) is 7.05. The number of nitrogens with one attached hydrogen (secondary N) is 1. The number of ether oxygens (including phenoxy) is 1. The van der Waals surface area contributed by atoms with Crippen molar-refractivity contribution in [2.45, 2.75) is 37.6 Å². The molecule has 1 unspecified atom stereocenters. The van der Waals surface area contributed by atoms with Crippen LogP contribution in [0.5, 0.6) is 0 Å². The van der Waals surface area contributed by atoms with Crippen molar-refractivity contribution in [1.29, 1.82) is 0 Å². The maximum atomic E-state index is 13.1. The summed E-state index contributed by atoms with van der Waals surface area (Å²) in [4.78, 5) is 39.6. The highest BCUT2D eigenvalue weighted by Gasteiger charge is 2.52. The first-order chi connectivity index (χ1) is 13.3. The number of benzene rings is 1. The number of carbonyl (C=O) groups is 3. The van der Waals surface area contributed by atoms with Crippen LogP contribution in [0.1, 0.15) is 32.1 Å². The Labute approximate surface area is 163 Å². The molecule has 1 aromatic carbocycles. The minimum Gasteiger partial charge on any atom is -0.455 e. The Bertz CT molecular complexity index is 935. The summed E-state index contributed by atoms with van der Waals surface area (Å²) in [6.07, 6.45) is 2.98. The molecule has 1 N–H and O–H groups in total. The van der Waals surface area contributed by atoms with Gasteiger partial charge in [0.15, 0.2) is 16.4 Å². The van der Waals surface area contributed by atoms with Crippen LogP contribution in [0.25, 0.3) is 0 Å². The van der Waals surface area contributed by atoms with E-state index in [9.17, 15) is 22.8 Å². The molecule has 0 bridgehead atoms. The Morgan fingerprint density at radius 2 is 1.93 bits per heavy atom. The van der Waals surface area contributed by atoms with Crippen molar-refractivity contribution in [3.63, 3.8) is 0 Å². The van der Waals surface area contributed by atoms with E-state index in [0.29, 0.717) is 24.2 Å². The van der Waals surface area contributed by atoms with E-state index in [1.165, 1.54) is 4.90 Å². The molecule has 1 spiro atoms. The van der Waals surface area contributed by atoms with Gasteiger partial charge in [0, 0.05) is 0 Å². The molecular weight excluding hydrogens is 384 g/mol. The second-order valence-electron chi connectivity index (χ2n) is 7.65. The van der Waals surface area contributed by atoms with E-state index in [-0.39, 0.29) is 23.8 Å². The van der Waals surface area contributed by atoms with Crippen molar-refractivity contribution in [2.75, 3.05) is 28.3 Å². The molecule has 2 heterocycles. The fourth-order valence-corrected chi connectivity index (χ4v) is 6.15. The Morgan fingerprint density at radius 3 is 2.61 bits per heavy atom. The molecule has 0 radical (unpaired) electrons. The van der Waals surface area contributed by atoms with E-state index in [4.69, 9.17) is 4.74 Å². The van der Waals surface area contributed by atoms with Crippen molar-refractivity contribution >= 4 is 39.0 Å². The maximum absolute atomic E-state index is 13.1. The van der Waals surface area contributed by atoms with E-state index >= 15 is 0 Å². The Hall–Kier alpha value is -2.42. The van der Waals surface area contributed by atoms with E-state index in [2.05, 4.69) is 5.32 Å². The predicted molar refractivity (Wildman–Crippen MR) is 101 cm³/mol. The third-order valence-corrected chi connectivity index (χ3v) is 7.60. The molecule has 8 nitrogen and oxygen atoms in total. The number of esters is 1. The molecule has 2 amide bonds. The lowest BCUT2D eigenvalue weighted by Crippen LogP contribution is -2.61. The molecule has 150 valence electrons. The van der Waals surface area contributed by atoms with Crippen LogP contribution in [-0.4, -0.2) is 49.9 Å². The van der Waals surface area contributed by atoms with Crippen molar-refractivity contribution in [2.24, 2.45) is 5.92 Å². The molecule has 2 fully saturated rings. The van der Waals surface area contributed by atoms with Crippen LogP contribution in [-0.2, 0) is 29.0 Å². The smallest absolute Gasteiger partial charge is 0.310 e. The third-order valence-electron chi connectivity index (χ3n) is 5.83. The number of hydrogen-bond acceptors (Lipinski definition) is 6. The normalized spacial score (nSPS) is 24.6. The van der Waals surface area contributed by atoms with Gasteiger partial charge in [-0.25, -0.2) is 8.42 Å². The predicted octanol–water partition coefficient (Wildman–Crippen LogP) is 1.26. The third kappa shape index (κ3) is 3.17. The van der Waals surface area contributed by atoms with Gasteiger partial charge in [0.05, 0.1) is 28.8 Å². The molecule has 1 aliphatic carbocycles. The van der Waals surface area contributed by atoms with Crippen molar-refractivity contribution in [3.05, 3.63) is 24.3 Å². The number of para-hydroxylation sites is 2. The fraction of sp³-hybridized carbons (Fsp3) is 0.526. The highest BCUT2D eigenvalue weighted by Crippen LogP contribution is 2.45. The van der Waals surface area contributed by atoms with Crippen molar-refractivity contribution < 1.29 is 27.5 Å². The molecule has 3 aliphatic rings. The quantitative estimate of drug-likeness (QED) is 0.757. The van der Waals surface area contributed by atoms with Crippen LogP contribution < -0.4 is 10.2 Å². The minimum atomic E-state index is -3.21. The summed E-state index contributed by atoms with van der Waals surface area (Å²) in [5.41, 5.74) is 0.175. The number of nitrogens with zero attached hydrogens (tertiary/aromatic N) is 1. The van der Waals surface area contributed by atoms with Crippen LogP contribution in [0.3, 0.4) is 0 Å². The molecule has 28 heavy (non-hydrogen) atoms. The van der Waals surface area contributed by atoms with Crippen LogP contribution in [0.2, 0.25) is 0 Å². The highest BCUT2D eigenvalue weighted by molar-refractivity contribution is 7.91. The summed E-state index contributed by atoms with van der Waals surface area (Å²) >= 11 is 0. The summed E-state index contributed by atoms with van der Waals surface area (Å²) < 4.78 is 28.3. The molecule has 0 aromatic heterocycles. The van der Waals surface area contributed by atoms with Crippen LogP contribution in [0.15, 0.2) is 24.3 Å². The molecule has 1 saturated heterocycles. The lowest BCUT2D eigenvalue weighted by atomic mass is 9.90. The van der Waals surface area contributed by atoms with Gasteiger partial charge in [-0.1, -0.05) is 25.0 Å². The second kappa shape index (κ2) is 6.88. The van der Waals surface area contributed by atoms with Gasteiger partial charge in [0.25, 0.3) is 11.8 Å². The number of carbonyl (C=O) groups excluding carboxylic acids is 3. The number of anilines is 2. The number of hydrogen-bond donors (Lipinski definition) is 1. The summed E-state index contributed by atoms with van der Waals surface area (Å²) in [5.74, 6) is -2.37. The van der Waals surface area contributed by atoms with E-state index in [1.807, 2.05) is 0 Å². The van der Waals surface area contributed by atoms with E-state index in [1.54, 1.807) is 24.3 Å². The first kappa shape index (κ1) is 18.9. The molecule has 2 aliphatic heterocycles. The largest absolute Gasteiger partial charge is 0.455 e. The zero-order chi connectivity index (χ0) is 19.9. The summed E-state index contributed by atoms with van der Waals surface area (Å²) in [5, 5.41) is 2.89. The van der Waals surface area contributed by atoms with E-state index < -0.39 is 39.8 Å². The summed E-state index contributed by atoms with van der Waals surface area (Å²) in [6.45, 7) is -0.515. The standard InChI is InChI=1S/C19H22N2O6S/c22-16(11-27-17(23)13-7-10-28(25,26)12-13)21-15-6-2-1-5-14(15)20-18(24)19(21)8-3-4-9-19/h1-2,5-6,13H,3-4,7-12H2,(H,20,24). The molecule has 4 rings (SSSR count). The Kier molecular flexibility index (Phi) is 4.65. The monoisotopic (exact) mass is 406 g/mol. The topological polar surface area (TPSA) is 110 Å². The van der Waals surface area contributed by atoms with Gasteiger partial charge in [-0.05, 0) is 31.4 Å². The van der Waals surface area contributed by atoms with Crippen LogP contribution in [0.4, 0.5) is 11.4 Å². The SMILES string of the molecule is O=C(OCC(=O)N1c2ccccc2NC(=O)C12CCCC2)C1CCS(=O)(=O)C1. The van der Waals surface area contributed by atoms with Crippen molar-refractivity contribution in [1.82, 2.24) is 0 Å². The van der Waals surface area contributed by atoms with Gasteiger partial charge in [-0.2, -0.15) is 0 Å². The lowest BCUT2D eigenvalue weighted by molar-refractivity contribution is -0.151. The van der Waals surface area contributed by atoms with Gasteiger partial charge in [-0.3, -0.25) is 19.3 Å². The van der Waals surface area contributed by atoms with Gasteiger partial charge in [-0.15, -0.1) is 0 Å². The first-order valence-electron chi connectivity index (χ1n) is 9.43. The average molecular weight is 406 g/mol. The molecule has 1 aromatic rings. The highest BCUT2D eigenvalue weighted by atomic mass is 32.2. The molecule has 9 heteroatoms. The Morgan fingerprint density at radius 1 is 1.21 bits per heavy atom. The van der Waals surface area contributed by atoms with Gasteiger partial charge >= 0.3 is 5.97 Å². The number of amides is 2. The minimum absolute atomic E-state index is 0.0382. The number of fused-ring (bicyclic) bond motifs is 1. The van der Waals surface area contributed by atoms with Gasteiger partial charge in [0.2, 0.25) is 0 Å². The van der Waals surface area contributed by atoms with Crippen molar-refractivity contribution in [3.8, 4) is 0 Å². The van der Waals surface area contributed by atoms with Gasteiger partial charge in [0.1, 0.15) is 5.54 Å². The summed E-state index contributed by atoms with van der Waals surface area (Å²) in [7, 11) is -3.21. The lowest BCUT2D eigenvalue weighted by Gasteiger charge is -2.44. The second-order valence-corrected chi connectivity index (χ2v) is 9.88. The molecule has 1 atom stereocenters. The number of sulfone groups is 1. The first-order valence-corrected chi connectivity index (χ1v) is 11.3. The molecule has 1 saturated carbocycles. The zero-order valence-electron chi connectivity index (χ0n) is 15.3. The maximum Gasteiger partial charge on any atom is 0.310 e. The van der Waals surface area contributed by atoms with Gasteiger partial charge < -0.3 is 10.1 Å². The zero-order valence-corrected chi connectivity index (χ0v) is 16.2. The number of rotatable bonds is 3. The van der Waals surface area contributed by atoms with Crippen LogP contribution in [0, 0.1) is 5.92 Å².